The number of allylic oxidation sites excluding steroid dienone is 1. The molecule has 2 N–H and O–H groups in total. The van der Waals surface area contributed by atoms with E-state index in [9.17, 15) is 0 Å². The summed E-state index contributed by atoms with van der Waals surface area (Å²) in [5.41, 5.74) is 6.24. The lowest BCUT2D eigenvalue weighted by Crippen LogP contribution is -1.96. The van der Waals surface area contributed by atoms with E-state index in [-0.39, 0.29) is 0 Å². The van der Waals surface area contributed by atoms with Crippen LogP contribution in [0.4, 0.5) is 0 Å². The molecule has 0 saturated carbocycles. The van der Waals surface area contributed by atoms with Gasteiger partial charge < -0.3 is 15.2 Å². The van der Waals surface area contributed by atoms with E-state index in [4.69, 9.17) is 15.2 Å². The average Bonchev–Trinajstić information content (AvgIpc) is 2.01. The van der Waals surface area contributed by atoms with E-state index in [0.29, 0.717) is 18.9 Å². The van der Waals surface area contributed by atoms with Crippen LogP contribution in [0.5, 0.6) is 0 Å². The van der Waals surface area contributed by atoms with Crippen LogP contribution in [0.1, 0.15) is 0 Å². The van der Waals surface area contributed by atoms with Gasteiger partial charge in [0.25, 0.3) is 0 Å². The normalized spacial score (nSPS) is 12.7. The highest BCUT2D eigenvalue weighted by atomic mass is 16.5. The predicted molar refractivity (Wildman–Crippen MR) is 45.2 cm³/mol. The fraction of sp³-hybridized carbons (Fsp3) is 0.500. The van der Waals surface area contributed by atoms with Crippen molar-refractivity contribution in [3.8, 4) is 0 Å². The Kier molecular flexibility index (Phi) is 6.78. The van der Waals surface area contributed by atoms with Gasteiger partial charge in [-0.15, -0.1) is 0 Å². The monoisotopic (exact) mass is 157 g/mol. The van der Waals surface area contributed by atoms with Crippen molar-refractivity contribution >= 4 is 0 Å². The zero-order valence-corrected chi connectivity index (χ0v) is 7.04. The van der Waals surface area contributed by atoms with Crippen molar-refractivity contribution in [1.82, 2.24) is 0 Å². The quantitative estimate of drug-likeness (QED) is 0.597. The third-order valence-electron chi connectivity index (χ3n) is 1.06. The maximum Gasteiger partial charge on any atom is 0.0666 e. The van der Waals surface area contributed by atoms with Crippen LogP contribution >= 0.6 is 0 Å². The zero-order chi connectivity index (χ0) is 8.53. The number of hydrogen-bond acceptors (Lipinski definition) is 3. The van der Waals surface area contributed by atoms with Gasteiger partial charge in [-0.2, -0.15) is 0 Å². The molecule has 3 nitrogen and oxygen atoms in total. The molecule has 0 amide bonds. The van der Waals surface area contributed by atoms with Crippen LogP contribution in [0.25, 0.3) is 0 Å². The van der Waals surface area contributed by atoms with Gasteiger partial charge in [-0.05, 0) is 12.2 Å². The Morgan fingerprint density at radius 2 is 1.91 bits per heavy atom. The van der Waals surface area contributed by atoms with Gasteiger partial charge in [-0.1, -0.05) is 6.08 Å². The zero-order valence-electron chi connectivity index (χ0n) is 7.04. The summed E-state index contributed by atoms with van der Waals surface area (Å²) in [4.78, 5) is 0. The summed E-state index contributed by atoms with van der Waals surface area (Å²) in [7, 11) is 3.27. The second-order valence-corrected chi connectivity index (χ2v) is 2.02. The summed E-state index contributed by atoms with van der Waals surface area (Å²) < 4.78 is 9.59. The molecule has 0 fully saturated rings. The molecule has 0 aliphatic heterocycles. The van der Waals surface area contributed by atoms with Crippen LogP contribution in [-0.2, 0) is 9.47 Å². The van der Waals surface area contributed by atoms with Gasteiger partial charge in [0.1, 0.15) is 0 Å². The van der Waals surface area contributed by atoms with E-state index in [0.717, 1.165) is 0 Å². The minimum Gasteiger partial charge on any atom is -0.399 e. The molecule has 0 spiro atoms. The lowest BCUT2D eigenvalue weighted by molar-refractivity contribution is 0.232. The lowest BCUT2D eigenvalue weighted by atomic mass is 10.4. The first-order chi connectivity index (χ1) is 5.31. The SMILES string of the molecule is COC/C=C\C(N)=C/COC. The molecule has 11 heavy (non-hydrogen) atoms. The number of nitrogens with two attached hydrogens (primary N) is 1. The van der Waals surface area contributed by atoms with Gasteiger partial charge in [0, 0.05) is 19.9 Å². The molecule has 64 valence electrons. The molecule has 0 radical (unpaired) electrons. The van der Waals surface area contributed by atoms with Gasteiger partial charge in [-0.25, -0.2) is 0 Å². The molecule has 0 rings (SSSR count). The first-order valence-corrected chi connectivity index (χ1v) is 3.41. The third-order valence-corrected chi connectivity index (χ3v) is 1.06. The minimum absolute atomic E-state index is 0.545. The highest BCUT2D eigenvalue weighted by Gasteiger charge is 1.80. The number of ether oxygens (including phenoxy) is 2. The van der Waals surface area contributed by atoms with Crippen LogP contribution in [-0.4, -0.2) is 27.4 Å². The second-order valence-electron chi connectivity index (χ2n) is 2.02. The molecule has 0 aromatic carbocycles. The van der Waals surface area contributed by atoms with E-state index in [2.05, 4.69) is 0 Å². The van der Waals surface area contributed by atoms with E-state index in [1.165, 1.54) is 0 Å². The Hall–Kier alpha value is -0.800. The molecule has 0 aliphatic rings. The van der Waals surface area contributed by atoms with Gasteiger partial charge in [-0.3, -0.25) is 0 Å². The van der Waals surface area contributed by atoms with Crippen LogP contribution < -0.4 is 5.73 Å². The van der Waals surface area contributed by atoms with Crippen LogP contribution in [0.2, 0.25) is 0 Å². The van der Waals surface area contributed by atoms with Crippen LogP contribution in [0.15, 0.2) is 23.9 Å². The molecular formula is C8H15NO2. The molecule has 0 aromatic rings. The third kappa shape index (κ3) is 7.09. The molecular weight excluding hydrogens is 142 g/mol. The molecule has 0 saturated heterocycles. The summed E-state index contributed by atoms with van der Waals surface area (Å²) in [6, 6.07) is 0. The summed E-state index contributed by atoms with van der Waals surface area (Å²) in [6.07, 6.45) is 5.44. The van der Waals surface area contributed by atoms with E-state index < -0.39 is 0 Å². The van der Waals surface area contributed by atoms with Crippen LogP contribution in [0.3, 0.4) is 0 Å². The van der Waals surface area contributed by atoms with Gasteiger partial charge in [0.05, 0.1) is 13.2 Å². The van der Waals surface area contributed by atoms with E-state index in [1.54, 1.807) is 26.4 Å². The van der Waals surface area contributed by atoms with Crippen molar-refractivity contribution in [3.05, 3.63) is 23.9 Å². The van der Waals surface area contributed by atoms with Gasteiger partial charge >= 0.3 is 0 Å². The fourth-order valence-corrected chi connectivity index (χ4v) is 0.528. The molecule has 0 heterocycles. The molecule has 0 aromatic heterocycles. The maximum absolute atomic E-state index is 5.54. The predicted octanol–water partition coefficient (Wildman–Crippen LogP) is 0.678. The van der Waals surface area contributed by atoms with Gasteiger partial charge in [0.2, 0.25) is 0 Å². The van der Waals surface area contributed by atoms with Crippen LogP contribution in [0, 0.1) is 0 Å². The number of hydrogen-bond donors (Lipinski definition) is 1. The molecule has 0 atom stereocenters. The lowest BCUT2D eigenvalue weighted by Gasteiger charge is -1.92. The minimum atomic E-state index is 0.545. The van der Waals surface area contributed by atoms with Crippen molar-refractivity contribution < 1.29 is 9.47 Å². The van der Waals surface area contributed by atoms with Crippen molar-refractivity contribution in [2.75, 3.05) is 27.4 Å². The molecule has 0 unspecified atom stereocenters. The molecule has 0 aliphatic carbocycles. The molecule has 3 heteroatoms. The summed E-state index contributed by atoms with van der Waals surface area (Å²) >= 11 is 0. The largest absolute Gasteiger partial charge is 0.399 e. The Labute approximate surface area is 67.5 Å². The van der Waals surface area contributed by atoms with E-state index >= 15 is 0 Å². The second kappa shape index (κ2) is 7.31. The summed E-state index contributed by atoms with van der Waals surface area (Å²) in [5, 5.41) is 0. The Morgan fingerprint density at radius 1 is 1.27 bits per heavy atom. The average molecular weight is 157 g/mol. The van der Waals surface area contributed by atoms with Gasteiger partial charge in [0.15, 0.2) is 0 Å². The van der Waals surface area contributed by atoms with Crippen molar-refractivity contribution in [1.29, 1.82) is 0 Å². The molecule has 0 bridgehead atoms. The van der Waals surface area contributed by atoms with Crippen molar-refractivity contribution in [2.24, 2.45) is 5.73 Å². The smallest absolute Gasteiger partial charge is 0.0666 e. The van der Waals surface area contributed by atoms with Crippen molar-refractivity contribution in [3.63, 3.8) is 0 Å². The highest BCUT2D eigenvalue weighted by Crippen LogP contribution is 1.86. The first kappa shape index (κ1) is 10.2. The highest BCUT2D eigenvalue weighted by molar-refractivity contribution is 5.14. The maximum atomic E-state index is 5.54. The standard InChI is InChI=1S/C8H15NO2/c1-10-6-3-4-8(9)5-7-11-2/h3-5H,6-7,9H2,1-2H3/b4-3-,8-5+. The topological polar surface area (TPSA) is 44.5 Å². The number of methoxy groups -OCH3 is 2. The number of rotatable bonds is 5. The summed E-state index contributed by atoms with van der Waals surface area (Å²) in [5.74, 6) is 0. The van der Waals surface area contributed by atoms with Crippen molar-refractivity contribution in [2.45, 2.75) is 0 Å². The Balaban J connectivity index is 3.56. The van der Waals surface area contributed by atoms with E-state index in [1.807, 2.05) is 6.08 Å². The summed E-state index contributed by atoms with van der Waals surface area (Å²) in [6.45, 7) is 1.13. The fourth-order valence-electron chi connectivity index (χ4n) is 0.528. The first-order valence-electron chi connectivity index (χ1n) is 3.41. The Morgan fingerprint density at radius 3 is 2.45 bits per heavy atom. The Bertz CT molecular complexity index is 141.